The fraction of sp³-hybridized carbons (Fsp3) is 0.100. The van der Waals surface area contributed by atoms with Gasteiger partial charge in [0.25, 0.3) is 0 Å². The van der Waals surface area contributed by atoms with Gasteiger partial charge in [0.05, 0.1) is 7.05 Å². The Bertz CT molecular complexity index is 429. The number of benzene rings is 1. The highest BCUT2D eigenvalue weighted by molar-refractivity contribution is 7.79. The minimum atomic E-state index is -0.0969. The lowest BCUT2D eigenvalue weighted by atomic mass is 10.2. The van der Waals surface area contributed by atoms with Crippen LogP contribution in [0.15, 0.2) is 41.6 Å². The number of nitrogens with one attached hydrogen (secondary N) is 1. The van der Waals surface area contributed by atoms with Crippen molar-refractivity contribution in [1.29, 1.82) is 0 Å². The average Bonchev–Trinajstić information content (AvgIpc) is 2.35. The van der Waals surface area contributed by atoms with Gasteiger partial charge in [-0.05, 0) is 0 Å². The van der Waals surface area contributed by atoms with Crippen molar-refractivity contribution in [3.63, 3.8) is 0 Å². The average molecular weight is 237 g/mol. The third-order valence-electron chi connectivity index (χ3n) is 1.74. The molecule has 0 aliphatic heterocycles. The van der Waals surface area contributed by atoms with E-state index in [1.165, 1.54) is 7.05 Å². The van der Waals surface area contributed by atoms with Crippen LogP contribution < -0.4 is 5.32 Å². The molecule has 0 saturated carbocycles. The first-order chi connectivity index (χ1) is 7.65. The molecule has 1 rings (SSSR count). The van der Waals surface area contributed by atoms with Crippen LogP contribution in [0.5, 0.6) is 0 Å². The molecule has 0 radical (unpaired) electrons. The van der Waals surface area contributed by atoms with Crippen molar-refractivity contribution < 1.29 is 9.97 Å². The summed E-state index contributed by atoms with van der Waals surface area (Å²) in [5.41, 5.74) is 0.579. The van der Waals surface area contributed by atoms with E-state index >= 15 is 0 Å². The van der Waals surface area contributed by atoms with E-state index in [1.54, 1.807) is 24.3 Å². The lowest BCUT2D eigenvalue weighted by Crippen LogP contribution is -2.24. The summed E-state index contributed by atoms with van der Waals surface area (Å²) < 4.78 is 0. The van der Waals surface area contributed by atoms with Crippen LogP contribution in [0, 0.1) is 5.21 Å². The summed E-state index contributed by atoms with van der Waals surface area (Å²) in [4.78, 5) is 0.217. The van der Waals surface area contributed by atoms with E-state index in [1.807, 2.05) is 6.07 Å². The highest BCUT2D eigenvalue weighted by atomic mass is 32.1. The van der Waals surface area contributed by atoms with Crippen LogP contribution in [0.25, 0.3) is 5.76 Å². The second-order valence-electron chi connectivity index (χ2n) is 2.82. The third kappa shape index (κ3) is 3.32. The Kier molecular flexibility index (Phi) is 4.41. The number of aliphatic hydroxyl groups is 1. The number of hydrogen-bond donors (Lipinski definition) is 2. The van der Waals surface area contributed by atoms with Crippen LogP contribution in [-0.4, -0.2) is 22.1 Å². The first-order valence-corrected chi connectivity index (χ1v) is 4.90. The highest BCUT2D eigenvalue weighted by Crippen LogP contribution is 2.09. The number of azo groups is 1. The van der Waals surface area contributed by atoms with Gasteiger partial charge in [-0.1, -0.05) is 35.4 Å². The Hall–Kier alpha value is -1.95. The quantitative estimate of drug-likeness (QED) is 0.271. The van der Waals surface area contributed by atoms with Gasteiger partial charge in [-0.25, -0.2) is 0 Å². The van der Waals surface area contributed by atoms with Crippen LogP contribution in [0.2, 0.25) is 0 Å². The molecular formula is C10H11N3O2S. The summed E-state index contributed by atoms with van der Waals surface area (Å²) in [6.45, 7) is 0. The normalized spacial score (nSPS) is 12.3. The lowest BCUT2D eigenvalue weighted by molar-refractivity contribution is -0.403. The number of nitrogens with zero attached hydrogens (tertiary/aromatic N) is 2. The van der Waals surface area contributed by atoms with Crippen LogP contribution in [0.4, 0.5) is 0 Å². The van der Waals surface area contributed by atoms with Crippen molar-refractivity contribution in [2.24, 2.45) is 5.11 Å². The van der Waals surface area contributed by atoms with Crippen LogP contribution in [0.1, 0.15) is 5.56 Å². The van der Waals surface area contributed by atoms with Crippen LogP contribution in [-0.2, 0) is 0 Å². The summed E-state index contributed by atoms with van der Waals surface area (Å²) in [5.74, 6) is -0.0969. The monoisotopic (exact) mass is 237 g/mol. The van der Waals surface area contributed by atoms with Gasteiger partial charge in [0.15, 0.2) is 0 Å². The van der Waals surface area contributed by atoms with Gasteiger partial charge in [0, 0.05) is 17.8 Å². The predicted molar refractivity (Wildman–Crippen MR) is 64.8 cm³/mol. The summed E-state index contributed by atoms with van der Waals surface area (Å²) in [7, 11) is 1.52. The minimum Gasteiger partial charge on any atom is -0.690 e. The van der Waals surface area contributed by atoms with Gasteiger partial charge in [0.1, 0.15) is 12.0 Å². The maximum Gasteiger partial charge on any atom is 0.368 e. The molecule has 6 heteroatoms. The van der Waals surface area contributed by atoms with Crippen molar-refractivity contribution in [3.8, 4) is 0 Å². The van der Waals surface area contributed by atoms with E-state index in [0.29, 0.717) is 5.56 Å². The van der Waals surface area contributed by atoms with Crippen molar-refractivity contribution in [2.75, 3.05) is 7.05 Å². The minimum absolute atomic E-state index is 0.0721. The second-order valence-corrected chi connectivity index (χ2v) is 3.21. The molecule has 0 aromatic heterocycles. The molecule has 0 amide bonds. The second kappa shape index (κ2) is 5.82. The van der Waals surface area contributed by atoms with Gasteiger partial charge in [-0.15, -0.1) is 4.86 Å². The molecule has 0 saturated heterocycles. The first-order valence-electron chi connectivity index (χ1n) is 4.49. The fourth-order valence-electron chi connectivity index (χ4n) is 0.939. The molecule has 16 heavy (non-hydrogen) atoms. The molecule has 0 aliphatic rings. The molecule has 0 bridgehead atoms. The standard InChI is InChI=1S/C10H11N3O2S/c1-11-10(16)13(15)12-7-9(14)8-5-3-2-4-6-8/h2-7,14H,1H3,(H,11,16)/b9-7-,13-12?. The van der Waals surface area contributed by atoms with Gasteiger partial charge in [0.2, 0.25) is 0 Å². The van der Waals surface area contributed by atoms with Gasteiger partial charge >= 0.3 is 5.11 Å². The number of hydroxylamine groups is 1. The Labute approximate surface area is 98.3 Å². The van der Waals surface area contributed by atoms with E-state index in [4.69, 9.17) is 0 Å². The Balaban J connectivity index is 2.83. The van der Waals surface area contributed by atoms with Crippen molar-refractivity contribution in [2.45, 2.75) is 0 Å². The number of hydrogen-bond acceptors (Lipinski definition) is 4. The number of aliphatic hydroxyl groups excluding tert-OH is 1. The molecular weight excluding hydrogens is 226 g/mol. The molecule has 84 valence electrons. The zero-order chi connectivity index (χ0) is 12.0. The molecule has 0 fully saturated rings. The van der Waals surface area contributed by atoms with E-state index in [2.05, 4.69) is 22.6 Å². The van der Waals surface area contributed by atoms with Crippen molar-refractivity contribution in [3.05, 3.63) is 47.3 Å². The summed E-state index contributed by atoms with van der Waals surface area (Å²) in [6, 6.07) is 8.77. The molecule has 1 aromatic rings. The SMILES string of the molecule is CNC(=S)[N+]([O-])=N/C=C(\O)c1ccccc1. The Morgan fingerprint density at radius 3 is 2.69 bits per heavy atom. The highest BCUT2D eigenvalue weighted by Gasteiger charge is 2.00. The van der Waals surface area contributed by atoms with E-state index in [-0.39, 0.29) is 15.7 Å². The topological polar surface area (TPSA) is 70.7 Å². The smallest absolute Gasteiger partial charge is 0.368 e. The summed E-state index contributed by atoms with van der Waals surface area (Å²) in [5, 5.41) is 26.5. The summed E-state index contributed by atoms with van der Waals surface area (Å²) >= 11 is 4.64. The van der Waals surface area contributed by atoms with Crippen LogP contribution >= 0.6 is 12.2 Å². The van der Waals surface area contributed by atoms with Gasteiger partial charge in [-0.2, -0.15) is 0 Å². The third-order valence-corrected chi connectivity index (χ3v) is 2.10. The Morgan fingerprint density at radius 2 is 2.12 bits per heavy atom. The van der Waals surface area contributed by atoms with Gasteiger partial charge in [-0.3, -0.25) is 5.32 Å². The van der Waals surface area contributed by atoms with Crippen molar-refractivity contribution in [1.82, 2.24) is 5.32 Å². The first kappa shape index (κ1) is 12.1. The predicted octanol–water partition coefficient (Wildman–Crippen LogP) is 2.01. The zero-order valence-electron chi connectivity index (χ0n) is 8.62. The zero-order valence-corrected chi connectivity index (χ0v) is 9.44. The van der Waals surface area contributed by atoms with E-state index < -0.39 is 0 Å². The summed E-state index contributed by atoms with van der Waals surface area (Å²) in [6.07, 6.45) is 1.05. The number of thiocarbonyl (C=S) groups is 1. The molecule has 0 spiro atoms. The van der Waals surface area contributed by atoms with E-state index in [9.17, 15) is 10.3 Å². The molecule has 2 N–H and O–H groups in total. The molecule has 5 nitrogen and oxygen atoms in total. The molecule has 0 heterocycles. The maximum atomic E-state index is 11.1. The van der Waals surface area contributed by atoms with Crippen LogP contribution in [0.3, 0.4) is 0 Å². The number of rotatable bonds is 2. The molecule has 0 unspecified atom stereocenters. The maximum absolute atomic E-state index is 11.1. The largest absolute Gasteiger partial charge is 0.690 e. The fourth-order valence-corrected chi connectivity index (χ4v) is 0.986. The molecule has 0 atom stereocenters. The lowest BCUT2D eigenvalue weighted by Gasteiger charge is -2.02. The van der Waals surface area contributed by atoms with Crippen molar-refractivity contribution >= 4 is 23.1 Å². The molecule has 0 aliphatic carbocycles. The molecule has 1 aromatic carbocycles. The van der Waals surface area contributed by atoms with Gasteiger partial charge < -0.3 is 10.3 Å². The van der Waals surface area contributed by atoms with E-state index in [0.717, 1.165) is 6.20 Å². The Morgan fingerprint density at radius 1 is 1.50 bits per heavy atom.